The molecule has 0 spiro atoms. The van der Waals surface area contributed by atoms with Crippen LogP contribution in [0.1, 0.15) is 6.85 Å². The Bertz CT molecular complexity index is 3080. The molecule has 0 unspecified atom stereocenters. The topological polar surface area (TPSA) is 13.1 Å². The molecule has 0 aliphatic carbocycles. The summed E-state index contributed by atoms with van der Waals surface area (Å²) in [6.07, 6.45) is 0. The van der Waals surface area contributed by atoms with Crippen LogP contribution in [0.3, 0.4) is 0 Å². The molecule has 49 heavy (non-hydrogen) atoms. The van der Waals surface area contributed by atoms with Crippen molar-refractivity contribution < 1.29 is 11.3 Å². The molecule has 1 nitrogen and oxygen atoms in total. The smallest absolute Gasteiger partial charge is 0.136 e. The zero-order valence-corrected chi connectivity index (χ0v) is 26.3. The van der Waals surface area contributed by atoms with E-state index in [4.69, 9.17) is 11.3 Å². The number of fused-ring (bicyclic) bond motifs is 6. The Hall–Kier alpha value is -6.44. The van der Waals surface area contributed by atoms with Crippen LogP contribution in [-0.2, 0) is 0 Å². The van der Waals surface area contributed by atoms with Crippen LogP contribution < -0.4 is 0 Å². The Kier molecular flexibility index (Phi) is 5.20. The molecule has 10 aromatic rings. The van der Waals surface area contributed by atoms with Gasteiger partial charge in [0.1, 0.15) is 11.2 Å². The van der Waals surface area contributed by atoms with Crippen LogP contribution in [-0.4, -0.2) is 0 Å². The van der Waals surface area contributed by atoms with Crippen molar-refractivity contribution >= 4 is 54.3 Å². The highest BCUT2D eigenvalue weighted by Gasteiger charge is 2.21. The molecule has 1 heteroatoms. The molecule has 0 N–H and O–H groups in total. The lowest BCUT2D eigenvalue weighted by molar-refractivity contribution is 0.669. The van der Waals surface area contributed by atoms with Crippen LogP contribution in [0.25, 0.3) is 98.8 Å². The largest absolute Gasteiger partial charge is 0.456 e. The number of hydrogen-bond donors (Lipinski definition) is 0. The first kappa shape index (κ1) is 23.0. The van der Waals surface area contributed by atoms with Gasteiger partial charge in [-0.3, -0.25) is 0 Å². The van der Waals surface area contributed by atoms with Gasteiger partial charge in [0.15, 0.2) is 0 Å². The highest BCUT2D eigenvalue weighted by Crippen LogP contribution is 2.48. The van der Waals surface area contributed by atoms with E-state index in [-0.39, 0.29) is 29.7 Å². The van der Waals surface area contributed by atoms with Gasteiger partial charge in [0.25, 0.3) is 0 Å². The Morgan fingerprint density at radius 2 is 0.918 bits per heavy atom. The summed E-state index contributed by atoms with van der Waals surface area (Å²) in [5.41, 5.74) is 8.84. The molecule has 0 fully saturated rings. The standard InChI is InChI=1S/C48H30O/c1-3-14-31(15-4-1)33-26-27-42-45(30-33)49-44-25-13-24-43(48(42)44)47-39-22-11-9-20-37(39)46(38-21-10-12-23-40(38)47)41-29-28-34(32-16-5-2-6-17-32)35-18-7-8-19-36(35)41/h1-30H/i1D,3D,4D,14D,15D. The number of benzene rings is 9. The molecule has 228 valence electrons. The fraction of sp³-hybridized carbons (Fsp3) is 0. The molecular weight excluding hydrogens is 593 g/mol. The highest BCUT2D eigenvalue weighted by atomic mass is 16.3. The third kappa shape index (κ3) is 4.33. The summed E-state index contributed by atoms with van der Waals surface area (Å²) in [4.78, 5) is 0. The molecule has 0 radical (unpaired) electrons. The van der Waals surface area contributed by atoms with Crippen molar-refractivity contribution in [3.8, 4) is 44.5 Å². The van der Waals surface area contributed by atoms with Gasteiger partial charge in [-0.15, -0.1) is 0 Å². The van der Waals surface area contributed by atoms with Crippen molar-refractivity contribution in [1.82, 2.24) is 0 Å². The van der Waals surface area contributed by atoms with Crippen molar-refractivity contribution in [3.63, 3.8) is 0 Å². The van der Waals surface area contributed by atoms with E-state index in [9.17, 15) is 0 Å². The Labute approximate surface area is 291 Å². The maximum atomic E-state index is 8.56. The molecule has 1 heterocycles. The van der Waals surface area contributed by atoms with Crippen molar-refractivity contribution in [2.24, 2.45) is 0 Å². The van der Waals surface area contributed by atoms with Gasteiger partial charge >= 0.3 is 0 Å². The van der Waals surface area contributed by atoms with Gasteiger partial charge in [-0.25, -0.2) is 0 Å². The van der Waals surface area contributed by atoms with Crippen LogP contribution >= 0.6 is 0 Å². The van der Waals surface area contributed by atoms with E-state index in [2.05, 4.69) is 121 Å². The predicted octanol–water partition coefficient (Wildman–Crippen LogP) is 13.7. The van der Waals surface area contributed by atoms with Crippen molar-refractivity contribution in [2.75, 3.05) is 0 Å². The van der Waals surface area contributed by atoms with Crippen LogP contribution in [0.4, 0.5) is 0 Å². The molecule has 0 saturated carbocycles. The maximum absolute atomic E-state index is 8.56. The van der Waals surface area contributed by atoms with Crippen LogP contribution in [0.2, 0.25) is 0 Å². The Morgan fingerprint density at radius 3 is 1.59 bits per heavy atom. The Morgan fingerprint density at radius 1 is 0.347 bits per heavy atom. The zero-order valence-electron chi connectivity index (χ0n) is 31.3. The quantitative estimate of drug-likeness (QED) is 0.177. The van der Waals surface area contributed by atoms with Gasteiger partial charge in [-0.1, -0.05) is 164 Å². The number of furan rings is 1. The van der Waals surface area contributed by atoms with Crippen molar-refractivity contribution in [1.29, 1.82) is 0 Å². The lowest BCUT2D eigenvalue weighted by atomic mass is 9.83. The van der Waals surface area contributed by atoms with E-state index in [0.29, 0.717) is 16.7 Å². The fourth-order valence-corrected chi connectivity index (χ4v) is 7.68. The van der Waals surface area contributed by atoms with Gasteiger partial charge in [-0.05, 0) is 95.0 Å². The average molecular weight is 628 g/mol. The van der Waals surface area contributed by atoms with E-state index in [1.54, 1.807) is 6.07 Å². The second-order valence-electron chi connectivity index (χ2n) is 12.4. The summed E-state index contributed by atoms with van der Waals surface area (Å²) < 4.78 is 48.1. The summed E-state index contributed by atoms with van der Waals surface area (Å²) in [6.45, 7) is 0. The molecule has 0 aliphatic rings. The van der Waals surface area contributed by atoms with Crippen LogP contribution in [0, 0.1) is 0 Å². The Balaban J connectivity index is 1.24. The molecular formula is C48H30O. The lowest BCUT2D eigenvalue weighted by Gasteiger charge is -2.20. The SMILES string of the molecule is [2H]c1c([2H])c([2H])c(-c2ccc3c(c2)oc2cccc(-c4c5ccccc5c(-c5ccc(-c6ccccc6)c6ccccc56)c5ccccc45)c23)c([2H])c1[2H]. The summed E-state index contributed by atoms with van der Waals surface area (Å²) in [5, 5.41) is 8.79. The van der Waals surface area contributed by atoms with E-state index in [0.717, 1.165) is 43.4 Å². The first-order chi connectivity index (χ1) is 26.4. The maximum Gasteiger partial charge on any atom is 0.136 e. The van der Waals surface area contributed by atoms with Gasteiger partial charge in [-0.2, -0.15) is 0 Å². The molecule has 10 rings (SSSR count). The average Bonchev–Trinajstić information content (AvgIpc) is 3.60. The molecule has 0 amide bonds. The lowest BCUT2D eigenvalue weighted by Crippen LogP contribution is -1.92. The second-order valence-corrected chi connectivity index (χ2v) is 12.4. The summed E-state index contributed by atoms with van der Waals surface area (Å²) >= 11 is 0. The highest BCUT2D eigenvalue weighted by molar-refractivity contribution is 6.27. The minimum atomic E-state index is -0.411. The van der Waals surface area contributed by atoms with Gasteiger partial charge in [0, 0.05) is 10.8 Å². The molecule has 0 bridgehead atoms. The first-order valence-electron chi connectivity index (χ1n) is 18.9. The number of rotatable bonds is 4. The summed E-state index contributed by atoms with van der Waals surface area (Å²) in [7, 11) is 0. The van der Waals surface area contributed by atoms with Crippen molar-refractivity contribution in [2.45, 2.75) is 0 Å². The van der Waals surface area contributed by atoms with E-state index >= 15 is 0 Å². The minimum absolute atomic E-state index is 0.153. The van der Waals surface area contributed by atoms with E-state index in [1.165, 1.54) is 33.0 Å². The van der Waals surface area contributed by atoms with Gasteiger partial charge in [0.05, 0.1) is 6.85 Å². The van der Waals surface area contributed by atoms with Crippen LogP contribution in [0.15, 0.2) is 186 Å². The molecule has 0 aliphatic heterocycles. The fourth-order valence-electron chi connectivity index (χ4n) is 7.68. The third-order valence-electron chi connectivity index (χ3n) is 9.76. The predicted molar refractivity (Wildman–Crippen MR) is 208 cm³/mol. The van der Waals surface area contributed by atoms with E-state index in [1.807, 2.05) is 24.3 Å². The molecule has 1 aromatic heterocycles. The zero-order chi connectivity index (χ0) is 36.7. The second kappa shape index (κ2) is 11.1. The normalized spacial score (nSPS) is 13.1. The molecule has 0 saturated heterocycles. The summed E-state index contributed by atoms with van der Waals surface area (Å²) in [6, 6.07) is 51.1. The number of hydrogen-bond acceptors (Lipinski definition) is 1. The minimum Gasteiger partial charge on any atom is -0.456 e. The van der Waals surface area contributed by atoms with E-state index < -0.39 is 6.04 Å². The van der Waals surface area contributed by atoms with Crippen LogP contribution in [0.5, 0.6) is 0 Å². The third-order valence-corrected chi connectivity index (χ3v) is 9.76. The monoisotopic (exact) mass is 627 g/mol. The first-order valence-corrected chi connectivity index (χ1v) is 16.4. The molecule has 0 atom stereocenters. The van der Waals surface area contributed by atoms with Gasteiger partial charge in [0.2, 0.25) is 0 Å². The molecule has 9 aromatic carbocycles. The van der Waals surface area contributed by atoms with Gasteiger partial charge < -0.3 is 4.42 Å². The summed E-state index contributed by atoms with van der Waals surface area (Å²) in [5.74, 6) is 0. The van der Waals surface area contributed by atoms with Crippen molar-refractivity contribution in [3.05, 3.63) is 182 Å².